The molecule has 7 nitrogen and oxygen atoms in total. The van der Waals surface area contributed by atoms with Crippen LogP contribution < -0.4 is 20.9 Å². The summed E-state index contributed by atoms with van der Waals surface area (Å²) < 4.78 is 12.1. The van der Waals surface area contributed by atoms with Crippen LogP contribution in [0.4, 0.5) is 0 Å². The summed E-state index contributed by atoms with van der Waals surface area (Å²) >= 11 is 0. The minimum atomic E-state index is 0.0709. The van der Waals surface area contributed by atoms with Crippen molar-refractivity contribution < 1.29 is 9.47 Å². The average Bonchev–Trinajstić information content (AvgIpc) is 2.81. The third-order valence-corrected chi connectivity index (χ3v) is 6.07. The summed E-state index contributed by atoms with van der Waals surface area (Å²) in [6.45, 7) is 6.06. The van der Waals surface area contributed by atoms with Crippen molar-refractivity contribution in [3.8, 4) is 11.5 Å². The van der Waals surface area contributed by atoms with Gasteiger partial charge < -0.3 is 25.8 Å². The van der Waals surface area contributed by atoms with E-state index < -0.39 is 0 Å². The summed E-state index contributed by atoms with van der Waals surface area (Å²) in [6, 6.07) is 14.8. The van der Waals surface area contributed by atoms with E-state index in [0.717, 1.165) is 62.4 Å². The largest absolute Gasteiger partial charge is 0.494 e. The Morgan fingerprint density at radius 1 is 0.938 bits per heavy atom. The van der Waals surface area contributed by atoms with Crippen molar-refractivity contribution in [2.24, 2.45) is 17.4 Å². The zero-order valence-corrected chi connectivity index (χ0v) is 18.8. The number of nitrogens with two attached hydrogens (primary N) is 2. The molecule has 6 N–H and O–H groups in total. The average molecular weight is 438 g/mol. The molecule has 1 fully saturated rings. The predicted molar refractivity (Wildman–Crippen MR) is 129 cm³/mol. The van der Waals surface area contributed by atoms with Gasteiger partial charge in [-0.1, -0.05) is 6.92 Å². The summed E-state index contributed by atoms with van der Waals surface area (Å²) in [4.78, 5) is 2.51. The first kappa shape index (κ1) is 23.6. The maximum atomic E-state index is 7.50. The van der Waals surface area contributed by atoms with Crippen LogP contribution in [0.1, 0.15) is 43.7 Å². The molecule has 0 bridgehead atoms. The van der Waals surface area contributed by atoms with Crippen molar-refractivity contribution in [1.82, 2.24) is 4.90 Å². The van der Waals surface area contributed by atoms with Crippen LogP contribution >= 0.6 is 0 Å². The van der Waals surface area contributed by atoms with E-state index in [1.807, 2.05) is 48.5 Å². The normalized spacial score (nSPS) is 15.8. The lowest BCUT2D eigenvalue weighted by Crippen LogP contribution is -2.40. The number of nitrogen functional groups attached to an aromatic ring is 2. The van der Waals surface area contributed by atoms with Crippen LogP contribution in [0.2, 0.25) is 0 Å². The number of piperidine rings is 1. The second kappa shape index (κ2) is 11.5. The molecule has 1 heterocycles. The quantitative estimate of drug-likeness (QED) is 0.243. The van der Waals surface area contributed by atoms with E-state index in [-0.39, 0.29) is 17.8 Å². The molecule has 0 aromatic heterocycles. The van der Waals surface area contributed by atoms with E-state index in [4.69, 9.17) is 31.8 Å². The number of nitrogens with zero attached hydrogens (tertiary/aromatic N) is 1. The smallest absolute Gasteiger partial charge is 0.122 e. The van der Waals surface area contributed by atoms with Gasteiger partial charge in [0.25, 0.3) is 0 Å². The van der Waals surface area contributed by atoms with E-state index in [0.29, 0.717) is 18.1 Å². The van der Waals surface area contributed by atoms with Gasteiger partial charge in [0.2, 0.25) is 0 Å². The molecule has 0 amide bonds. The second-order valence-corrected chi connectivity index (χ2v) is 8.32. The molecule has 1 atom stereocenters. The van der Waals surface area contributed by atoms with Crippen molar-refractivity contribution in [2.75, 3.05) is 26.2 Å². The molecule has 0 spiro atoms. The maximum absolute atomic E-state index is 7.50. The molecule has 32 heavy (non-hydrogen) atoms. The predicted octanol–water partition coefficient (Wildman–Crippen LogP) is 3.59. The second-order valence-electron chi connectivity index (χ2n) is 8.32. The van der Waals surface area contributed by atoms with E-state index in [9.17, 15) is 0 Å². The molecule has 2 aromatic rings. The molecule has 1 aliphatic rings. The van der Waals surface area contributed by atoms with Crippen molar-refractivity contribution in [1.29, 1.82) is 10.8 Å². The molecule has 0 aliphatic carbocycles. The van der Waals surface area contributed by atoms with Crippen LogP contribution in [0, 0.1) is 16.7 Å². The van der Waals surface area contributed by atoms with Gasteiger partial charge in [-0.15, -0.1) is 0 Å². The lowest BCUT2D eigenvalue weighted by Gasteiger charge is -2.35. The van der Waals surface area contributed by atoms with Crippen LogP contribution in [0.15, 0.2) is 48.5 Å². The van der Waals surface area contributed by atoms with Crippen LogP contribution in [0.25, 0.3) is 0 Å². The fraction of sp³-hybridized carbons (Fsp3) is 0.440. The zero-order chi connectivity index (χ0) is 22.9. The van der Waals surface area contributed by atoms with Gasteiger partial charge in [0.05, 0.1) is 6.61 Å². The van der Waals surface area contributed by atoms with E-state index in [1.54, 1.807) is 0 Å². The molecule has 0 radical (unpaired) electrons. The van der Waals surface area contributed by atoms with Crippen molar-refractivity contribution in [2.45, 2.75) is 38.7 Å². The molecule has 0 saturated carbocycles. The number of rotatable bonds is 11. The molecular weight excluding hydrogens is 402 g/mol. The fourth-order valence-corrected chi connectivity index (χ4v) is 4.16. The van der Waals surface area contributed by atoms with Crippen LogP contribution in [-0.4, -0.2) is 48.9 Å². The Morgan fingerprint density at radius 3 is 1.97 bits per heavy atom. The number of hydrogen-bond donors (Lipinski definition) is 4. The van der Waals surface area contributed by atoms with E-state index in [2.05, 4.69) is 11.8 Å². The zero-order valence-electron chi connectivity index (χ0n) is 18.8. The number of hydrogen-bond acceptors (Lipinski definition) is 5. The standard InChI is InChI=1S/C25H35N5O2/c1-2-23(32-22-10-6-20(7-11-22)25(28)29)18-12-15-30(16-13-18)14-3-17-31-21-8-4-19(5-9-21)24(26)27/h4-11,18,23H,2-3,12-17H2,1H3,(H3,26,27)(H3,28,29). The minimum absolute atomic E-state index is 0.0709. The van der Waals surface area contributed by atoms with E-state index >= 15 is 0 Å². The van der Waals surface area contributed by atoms with Crippen LogP contribution in [0.5, 0.6) is 11.5 Å². The lowest BCUT2D eigenvalue weighted by atomic mass is 9.89. The Bertz CT molecular complexity index is 874. The first-order chi connectivity index (χ1) is 15.5. The maximum Gasteiger partial charge on any atom is 0.122 e. The number of ether oxygens (including phenoxy) is 2. The summed E-state index contributed by atoms with van der Waals surface area (Å²) in [5, 5.41) is 14.9. The fourth-order valence-electron chi connectivity index (χ4n) is 4.16. The molecule has 3 rings (SSSR count). The molecule has 7 heteroatoms. The summed E-state index contributed by atoms with van der Waals surface area (Å²) in [5.74, 6) is 2.36. The molecule has 2 aromatic carbocycles. The Kier molecular flexibility index (Phi) is 8.50. The summed E-state index contributed by atoms with van der Waals surface area (Å²) in [7, 11) is 0. The third kappa shape index (κ3) is 6.72. The van der Waals surface area contributed by atoms with Crippen LogP contribution in [-0.2, 0) is 0 Å². The monoisotopic (exact) mass is 437 g/mol. The van der Waals surface area contributed by atoms with Crippen molar-refractivity contribution in [3.63, 3.8) is 0 Å². The number of amidine groups is 2. The molecule has 172 valence electrons. The molecular formula is C25H35N5O2. The lowest BCUT2D eigenvalue weighted by molar-refractivity contribution is 0.0724. The highest BCUT2D eigenvalue weighted by Crippen LogP contribution is 2.27. The van der Waals surface area contributed by atoms with Crippen LogP contribution in [0.3, 0.4) is 0 Å². The summed E-state index contributed by atoms with van der Waals surface area (Å²) in [6.07, 6.45) is 4.45. The SMILES string of the molecule is CCC(Oc1ccc(C(=N)N)cc1)C1CCN(CCCOc2ccc(C(=N)N)cc2)CC1. The van der Waals surface area contributed by atoms with Gasteiger partial charge in [-0.3, -0.25) is 10.8 Å². The van der Waals surface area contributed by atoms with Crippen molar-refractivity contribution >= 4 is 11.7 Å². The van der Waals surface area contributed by atoms with Gasteiger partial charge in [-0.25, -0.2) is 0 Å². The highest BCUT2D eigenvalue weighted by atomic mass is 16.5. The Balaban J connectivity index is 1.37. The first-order valence-corrected chi connectivity index (χ1v) is 11.4. The van der Waals surface area contributed by atoms with Gasteiger partial charge in [0.15, 0.2) is 0 Å². The van der Waals surface area contributed by atoms with Gasteiger partial charge in [0, 0.05) is 17.7 Å². The number of nitrogens with one attached hydrogen (secondary N) is 2. The van der Waals surface area contributed by atoms with Gasteiger partial charge in [0.1, 0.15) is 29.3 Å². The molecule has 1 aliphatic heterocycles. The Hall–Kier alpha value is -3.06. The van der Waals surface area contributed by atoms with Gasteiger partial charge in [-0.05, 0) is 93.2 Å². The Labute approximate surface area is 190 Å². The third-order valence-electron chi connectivity index (χ3n) is 6.07. The Morgan fingerprint density at radius 2 is 1.47 bits per heavy atom. The first-order valence-electron chi connectivity index (χ1n) is 11.4. The number of benzene rings is 2. The van der Waals surface area contributed by atoms with Gasteiger partial charge >= 0.3 is 0 Å². The highest BCUT2D eigenvalue weighted by molar-refractivity contribution is 5.95. The summed E-state index contributed by atoms with van der Waals surface area (Å²) in [5.41, 5.74) is 12.4. The topological polar surface area (TPSA) is 121 Å². The highest BCUT2D eigenvalue weighted by Gasteiger charge is 2.26. The van der Waals surface area contributed by atoms with Crippen molar-refractivity contribution in [3.05, 3.63) is 59.7 Å². The molecule has 1 unspecified atom stereocenters. The van der Waals surface area contributed by atoms with Gasteiger partial charge in [-0.2, -0.15) is 0 Å². The molecule has 1 saturated heterocycles. The minimum Gasteiger partial charge on any atom is -0.494 e. The van der Waals surface area contributed by atoms with E-state index in [1.165, 1.54) is 0 Å². The number of likely N-dealkylation sites (tertiary alicyclic amines) is 1.